The smallest absolute Gasteiger partial charge is 0.338 e. The molecule has 0 bridgehead atoms. The summed E-state index contributed by atoms with van der Waals surface area (Å²) >= 11 is 0. The van der Waals surface area contributed by atoms with Crippen LogP contribution in [0.4, 0.5) is 10.1 Å². The molecule has 1 saturated heterocycles. The van der Waals surface area contributed by atoms with Crippen LogP contribution in [0.5, 0.6) is 0 Å². The van der Waals surface area contributed by atoms with Crippen molar-refractivity contribution >= 4 is 17.6 Å². The SMILES string of the molecule is CCOC(=O)c1ccc(NC(=O)[C@H]2CCCN(Cc3ccc(F)cc3)C2)cc1. The second kappa shape index (κ2) is 9.46. The molecule has 3 rings (SSSR count). The quantitative estimate of drug-likeness (QED) is 0.769. The summed E-state index contributed by atoms with van der Waals surface area (Å²) in [7, 11) is 0. The average molecular weight is 384 g/mol. The van der Waals surface area contributed by atoms with Gasteiger partial charge in [0.2, 0.25) is 5.91 Å². The number of ether oxygens (including phenoxy) is 1. The number of benzene rings is 2. The number of carbonyl (C=O) groups excluding carboxylic acids is 2. The number of carbonyl (C=O) groups is 2. The molecule has 1 aliphatic rings. The number of esters is 1. The van der Waals surface area contributed by atoms with Crippen LogP contribution in [0.2, 0.25) is 0 Å². The lowest BCUT2D eigenvalue weighted by atomic mass is 9.96. The minimum Gasteiger partial charge on any atom is -0.462 e. The van der Waals surface area contributed by atoms with E-state index in [1.807, 2.05) is 0 Å². The Bertz CT molecular complexity index is 806. The van der Waals surface area contributed by atoms with E-state index < -0.39 is 0 Å². The summed E-state index contributed by atoms with van der Waals surface area (Å²) in [5.41, 5.74) is 2.16. The van der Waals surface area contributed by atoms with Crippen LogP contribution < -0.4 is 5.32 Å². The molecule has 0 spiro atoms. The Kier molecular flexibility index (Phi) is 6.76. The van der Waals surface area contributed by atoms with Gasteiger partial charge in [0, 0.05) is 18.8 Å². The van der Waals surface area contributed by atoms with Crippen LogP contribution >= 0.6 is 0 Å². The van der Waals surface area contributed by atoms with E-state index in [1.54, 1.807) is 43.3 Å². The third kappa shape index (κ3) is 5.39. The third-order valence-electron chi connectivity index (χ3n) is 4.86. The highest BCUT2D eigenvalue weighted by Crippen LogP contribution is 2.21. The molecule has 0 radical (unpaired) electrons. The molecular weight excluding hydrogens is 359 g/mol. The summed E-state index contributed by atoms with van der Waals surface area (Å²) < 4.78 is 18.0. The molecular formula is C22H25FN2O3. The van der Waals surface area contributed by atoms with Crippen molar-refractivity contribution in [2.24, 2.45) is 5.92 Å². The van der Waals surface area contributed by atoms with E-state index in [4.69, 9.17) is 4.74 Å². The summed E-state index contributed by atoms with van der Waals surface area (Å²) in [6.45, 7) is 4.39. The Labute approximate surface area is 164 Å². The van der Waals surface area contributed by atoms with Crippen LogP contribution in [0.3, 0.4) is 0 Å². The highest BCUT2D eigenvalue weighted by molar-refractivity contribution is 5.94. The Morgan fingerprint density at radius 2 is 1.86 bits per heavy atom. The molecule has 2 aromatic carbocycles. The first-order valence-electron chi connectivity index (χ1n) is 9.60. The zero-order valence-electron chi connectivity index (χ0n) is 16.0. The molecule has 1 fully saturated rings. The summed E-state index contributed by atoms with van der Waals surface area (Å²) in [5, 5.41) is 2.93. The minimum absolute atomic E-state index is 0.0207. The normalized spacial score (nSPS) is 17.1. The standard InChI is InChI=1S/C22H25FN2O3/c1-2-28-22(27)17-7-11-20(12-8-17)24-21(26)18-4-3-13-25(15-18)14-16-5-9-19(23)10-6-16/h5-12,18H,2-4,13-15H2,1H3,(H,24,26)/t18-/m0/s1. The molecule has 1 atom stereocenters. The number of hydrogen-bond acceptors (Lipinski definition) is 4. The fourth-order valence-electron chi connectivity index (χ4n) is 3.41. The number of likely N-dealkylation sites (tertiary alicyclic amines) is 1. The number of hydrogen-bond donors (Lipinski definition) is 1. The Morgan fingerprint density at radius 1 is 1.14 bits per heavy atom. The van der Waals surface area contributed by atoms with Crippen molar-refractivity contribution in [2.75, 3.05) is 25.0 Å². The van der Waals surface area contributed by atoms with Crippen molar-refractivity contribution in [3.63, 3.8) is 0 Å². The van der Waals surface area contributed by atoms with Gasteiger partial charge < -0.3 is 10.1 Å². The Hall–Kier alpha value is -2.73. The van der Waals surface area contributed by atoms with Crippen molar-refractivity contribution in [2.45, 2.75) is 26.3 Å². The average Bonchev–Trinajstić information content (AvgIpc) is 2.71. The number of rotatable bonds is 6. The van der Waals surface area contributed by atoms with Gasteiger partial charge in [-0.1, -0.05) is 12.1 Å². The maximum absolute atomic E-state index is 13.1. The monoisotopic (exact) mass is 384 g/mol. The zero-order valence-corrected chi connectivity index (χ0v) is 16.0. The first-order chi connectivity index (χ1) is 13.5. The molecule has 6 heteroatoms. The maximum Gasteiger partial charge on any atom is 0.338 e. The summed E-state index contributed by atoms with van der Waals surface area (Å²) in [6.07, 6.45) is 1.79. The van der Waals surface area contributed by atoms with Crippen LogP contribution in [0.25, 0.3) is 0 Å². The molecule has 1 amide bonds. The second-order valence-electron chi connectivity index (χ2n) is 6.99. The van der Waals surface area contributed by atoms with Gasteiger partial charge in [0.25, 0.3) is 0 Å². The summed E-state index contributed by atoms with van der Waals surface area (Å²) in [6, 6.07) is 13.2. The largest absolute Gasteiger partial charge is 0.462 e. The van der Waals surface area contributed by atoms with E-state index in [9.17, 15) is 14.0 Å². The topological polar surface area (TPSA) is 58.6 Å². The fraction of sp³-hybridized carbons (Fsp3) is 0.364. The van der Waals surface area contributed by atoms with Gasteiger partial charge in [0.05, 0.1) is 18.1 Å². The van der Waals surface area contributed by atoms with Crippen molar-refractivity contribution in [3.05, 3.63) is 65.5 Å². The van der Waals surface area contributed by atoms with Crippen LogP contribution in [-0.4, -0.2) is 36.5 Å². The van der Waals surface area contributed by atoms with E-state index in [-0.39, 0.29) is 23.6 Å². The lowest BCUT2D eigenvalue weighted by Gasteiger charge is -2.32. The molecule has 0 unspecified atom stereocenters. The molecule has 0 saturated carbocycles. The second-order valence-corrected chi connectivity index (χ2v) is 6.99. The van der Waals surface area contributed by atoms with E-state index >= 15 is 0 Å². The van der Waals surface area contributed by atoms with Gasteiger partial charge >= 0.3 is 5.97 Å². The van der Waals surface area contributed by atoms with Crippen LogP contribution in [0, 0.1) is 11.7 Å². The van der Waals surface area contributed by atoms with Gasteiger partial charge in [-0.05, 0) is 68.3 Å². The van der Waals surface area contributed by atoms with Gasteiger partial charge in [0.15, 0.2) is 0 Å². The third-order valence-corrected chi connectivity index (χ3v) is 4.86. The number of nitrogens with zero attached hydrogens (tertiary/aromatic N) is 1. The summed E-state index contributed by atoms with van der Waals surface area (Å²) in [4.78, 5) is 26.6. The van der Waals surface area contributed by atoms with E-state index in [1.165, 1.54) is 12.1 Å². The van der Waals surface area contributed by atoms with Crippen molar-refractivity contribution < 1.29 is 18.7 Å². The molecule has 0 aromatic heterocycles. The number of halogens is 1. The molecule has 2 aromatic rings. The molecule has 1 aliphatic heterocycles. The maximum atomic E-state index is 13.1. The number of piperidine rings is 1. The van der Waals surface area contributed by atoms with Gasteiger partial charge in [-0.3, -0.25) is 9.69 Å². The number of amides is 1. The van der Waals surface area contributed by atoms with Crippen molar-refractivity contribution in [1.29, 1.82) is 0 Å². The highest BCUT2D eigenvalue weighted by atomic mass is 19.1. The molecule has 0 aliphatic carbocycles. The predicted octanol–water partition coefficient (Wildman–Crippen LogP) is 3.85. The van der Waals surface area contributed by atoms with Gasteiger partial charge in [-0.25, -0.2) is 9.18 Å². The summed E-state index contributed by atoms with van der Waals surface area (Å²) in [5.74, 6) is -0.732. The van der Waals surface area contributed by atoms with Gasteiger partial charge in [0.1, 0.15) is 5.82 Å². The first kappa shape index (κ1) is 20.0. The van der Waals surface area contributed by atoms with Gasteiger partial charge in [-0.15, -0.1) is 0 Å². The van der Waals surface area contributed by atoms with Gasteiger partial charge in [-0.2, -0.15) is 0 Å². The predicted molar refractivity (Wildman–Crippen MR) is 105 cm³/mol. The molecule has 148 valence electrons. The molecule has 5 nitrogen and oxygen atoms in total. The first-order valence-corrected chi connectivity index (χ1v) is 9.60. The zero-order chi connectivity index (χ0) is 19.9. The van der Waals surface area contributed by atoms with E-state index in [2.05, 4.69) is 10.2 Å². The lowest BCUT2D eigenvalue weighted by molar-refractivity contribution is -0.121. The van der Waals surface area contributed by atoms with Crippen LogP contribution in [-0.2, 0) is 16.1 Å². The van der Waals surface area contributed by atoms with E-state index in [0.717, 1.165) is 24.9 Å². The number of nitrogens with one attached hydrogen (secondary N) is 1. The fourth-order valence-corrected chi connectivity index (χ4v) is 3.41. The van der Waals surface area contributed by atoms with Crippen LogP contribution in [0.15, 0.2) is 48.5 Å². The molecule has 1 heterocycles. The molecule has 1 N–H and O–H groups in total. The Morgan fingerprint density at radius 3 is 2.54 bits per heavy atom. The van der Waals surface area contributed by atoms with E-state index in [0.29, 0.717) is 30.9 Å². The molecule has 28 heavy (non-hydrogen) atoms. The van der Waals surface area contributed by atoms with Crippen molar-refractivity contribution in [3.8, 4) is 0 Å². The number of anilines is 1. The van der Waals surface area contributed by atoms with Crippen molar-refractivity contribution in [1.82, 2.24) is 4.90 Å². The van der Waals surface area contributed by atoms with Crippen LogP contribution in [0.1, 0.15) is 35.7 Å². The highest BCUT2D eigenvalue weighted by Gasteiger charge is 2.26. The Balaban J connectivity index is 1.55. The lowest BCUT2D eigenvalue weighted by Crippen LogP contribution is -2.40. The minimum atomic E-state index is -0.371.